The van der Waals surface area contributed by atoms with Crippen LogP contribution in [0.5, 0.6) is 0 Å². The van der Waals surface area contributed by atoms with Gasteiger partial charge in [0.25, 0.3) is 0 Å². The van der Waals surface area contributed by atoms with E-state index in [9.17, 15) is 0 Å². The van der Waals surface area contributed by atoms with Crippen molar-refractivity contribution >= 4 is 18.4 Å². The molecule has 0 saturated heterocycles. The summed E-state index contributed by atoms with van der Waals surface area (Å²) >= 11 is 4.18. The van der Waals surface area contributed by atoms with Crippen LogP contribution < -0.4 is 4.90 Å². The Hall–Kier alpha value is -0.700. The third-order valence-electron chi connectivity index (χ3n) is 1.45. The number of anilines is 1. The second-order valence-corrected chi connectivity index (χ2v) is 2.89. The lowest BCUT2D eigenvalue weighted by Gasteiger charge is -2.10. The third kappa shape index (κ3) is 2.12. The van der Waals surface area contributed by atoms with Crippen LogP contribution in [-0.4, -0.2) is 19.1 Å². The van der Waals surface area contributed by atoms with Crippen molar-refractivity contribution in [2.45, 2.75) is 5.75 Å². The van der Waals surface area contributed by atoms with Crippen molar-refractivity contribution in [1.82, 2.24) is 4.98 Å². The SMILES string of the molecule is CN(C)c1cc(CS)ccn1. The van der Waals surface area contributed by atoms with E-state index in [1.165, 1.54) is 5.56 Å². The first kappa shape index (κ1) is 8.40. The van der Waals surface area contributed by atoms with Gasteiger partial charge in [-0.15, -0.1) is 0 Å². The summed E-state index contributed by atoms with van der Waals surface area (Å²) in [5.41, 5.74) is 1.20. The highest BCUT2D eigenvalue weighted by atomic mass is 32.1. The average molecular weight is 168 g/mol. The van der Waals surface area contributed by atoms with Gasteiger partial charge in [0, 0.05) is 26.0 Å². The Labute approximate surface area is 72.7 Å². The van der Waals surface area contributed by atoms with Crippen molar-refractivity contribution in [2.24, 2.45) is 0 Å². The number of hydrogen-bond donors (Lipinski definition) is 1. The molecule has 0 bridgehead atoms. The molecule has 0 amide bonds. The highest BCUT2D eigenvalue weighted by Crippen LogP contribution is 2.10. The Kier molecular flexibility index (Phi) is 2.76. The fourth-order valence-corrected chi connectivity index (χ4v) is 1.00. The highest BCUT2D eigenvalue weighted by molar-refractivity contribution is 7.79. The van der Waals surface area contributed by atoms with E-state index in [4.69, 9.17) is 0 Å². The van der Waals surface area contributed by atoms with Crippen LogP contribution >= 0.6 is 12.6 Å². The first-order valence-electron chi connectivity index (χ1n) is 3.47. The van der Waals surface area contributed by atoms with Crippen molar-refractivity contribution in [3.63, 3.8) is 0 Å². The van der Waals surface area contributed by atoms with Crippen molar-refractivity contribution in [1.29, 1.82) is 0 Å². The van der Waals surface area contributed by atoms with Gasteiger partial charge in [-0.1, -0.05) is 0 Å². The summed E-state index contributed by atoms with van der Waals surface area (Å²) in [6.07, 6.45) is 1.81. The summed E-state index contributed by atoms with van der Waals surface area (Å²) in [6, 6.07) is 4.01. The van der Waals surface area contributed by atoms with Crippen molar-refractivity contribution in [3.05, 3.63) is 23.9 Å². The Morgan fingerprint density at radius 2 is 2.27 bits per heavy atom. The molecule has 0 aliphatic heterocycles. The lowest BCUT2D eigenvalue weighted by Crippen LogP contribution is -2.10. The van der Waals surface area contributed by atoms with E-state index in [0.29, 0.717) is 0 Å². The van der Waals surface area contributed by atoms with Gasteiger partial charge in [0.05, 0.1) is 0 Å². The number of pyridine rings is 1. The predicted octanol–water partition coefficient (Wildman–Crippen LogP) is 1.58. The molecule has 0 spiro atoms. The molecule has 0 N–H and O–H groups in total. The van der Waals surface area contributed by atoms with Crippen molar-refractivity contribution < 1.29 is 0 Å². The molecule has 0 unspecified atom stereocenters. The smallest absolute Gasteiger partial charge is 0.128 e. The molecule has 1 aromatic rings. The van der Waals surface area contributed by atoms with Gasteiger partial charge in [0.1, 0.15) is 5.82 Å². The molecular formula is C8H12N2S. The molecule has 1 heterocycles. The maximum absolute atomic E-state index is 4.18. The van der Waals surface area contributed by atoms with Crippen LogP contribution in [0.15, 0.2) is 18.3 Å². The van der Waals surface area contributed by atoms with Crippen LogP contribution in [0.1, 0.15) is 5.56 Å². The molecule has 0 aliphatic rings. The van der Waals surface area contributed by atoms with Crippen LogP contribution in [0, 0.1) is 0 Å². The van der Waals surface area contributed by atoms with E-state index in [-0.39, 0.29) is 0 Å². The zero-order chi connectivity index (χ0) is 8.27. The monoisotopic (exact) mass is 168 g/mol. The van der Waals surface area contributed by atoms with Crippen LogP contribution in [0.2, 0.25) is 0 Å². The number of nitrogens with zero attached hydrogens (tertiary/aromatic N) is 2. The number of rotatable bonds is 2. The standard InChI is InChI=1S/C8H12N2S/c1-10(2)8-5-7(6-11)3-4-9-8/h3-5,11H,6H2,1-2H3. The van der Waals surface area contributed by atoms with Crippen LogP contribution in [0.4, 0.5) is 5.82 Å². The van der Waals surface area contributed by atoms with Gasteiger partial charge in [0.2, 0.25) is 0 Å². The first-order valence-corrected chi connectivity index (χ1v) is 4.10. The summed E-state index contributed by atoms with van der Waals surface area (Å²) < 4.78 is 0. The van der Waals surface area contributed by atoms with Gasteiger partial charge in [-0.25, -0.2) is 4.98 Å². The van der Waals surface area contributed by atoms with Crippen LogP contribution in [0.25, 0.3) is 0 Å². The lowest BCUT2D eigenvalue weighted by atomic mass is 10.3. The van der Waals surface area contributed by atoms with E-state index in [2.05, 4.69) is 17.6 Å². The van der Waals surface area contributed by atoms with E-state index < -0.39 is 0 Å². The maximum atomic E-state index is 4.18. The van der Waals surface area contributed by atoms with E-state index in [1.54, 1.807) is 6.20 Å². The summed E-state index contributed by atoms with van der Waals surface area (Å²) in [7, 11) is 3.95. The molecule has 1 rings (SSSR count). The summed E-state index contributed by atoms with van der Waals surface area (Å²) in [6.45, 7) is 0. The fourth-order valence-electron chi connectivity index (χ4n) is 0.803. The minimum absolute atomic E-state index is 0.767. The highest BCUT2D eigenvalue weighted by Gasteiger charge is 1.96. The Morgan fingerprint density at radius 1 is 1.55 bits per heavy atom. The third-order valence-corrected chi connectivity index (χ3v) is 1.82. The second kappa shape index (κ2) is 3.62. The van der Waals surface area contributed by atoms with Gasteiger partial charge >= 0.3 is 0 Å². The number of hydrogen-bond acceptors (Lipinski definition) is 3. The summed E-state index contributed by atoms with van der Waals surface area (Å²) in [5, 5.41) is 0. The molecule has 3 heteroatoms. The van der Waals surface area contributed by atoms with Crippen molar-refractivity contribution in [2.75, 3.05) is 19.0 Å². The van der Waals surface area contributed by atoms with Crippen molar-refractivity contribution in [3.8, 4) is 0 Å². The van der Waals surface area contributed by atoms with E-state index in [0.717, 1.165) is 11.6 Å². The minimum atomic E-state index is 0.767. The maximum Gasteiger partial charge on any atom is 0.128 e. The number of thiol groups is 1. The molecule has 0 saturated carbocycles. The molecule has 0 atom stereocenters. The van der Waals surface area contributed by atoms with E-state index in [1.807, 2.05) is 31.1 Å². The quantitative estimate of drug-likeness (QED) is 0.675. The van der Waals surface area contributed by atoms with Gasteiger partial charge in [-0.3, -0.25) is 0 Å². The van der Waals surface area contributed by atoms with Gasteiger partial charge in [-0.05, 0) is 17.7 Å². The van der Waals surface area contributed by atoms with Gasteiger partial charge in [-0.2, -0.15) is 12.6 Å². The molecule has 11 heavy (non-hydrogen) atoms. The topological polar surface area (TPSA) is 16.1 Å². The first-order chi connectivity index (χ1) is 5.24. The van der Waals surface area contributed by atoms with Crippen LogP contribution in [0.3, 0.4) is 0 Å². The second-order valence-electron chi connectivity index (χ2n) is 2.57. The molecule has 0 radical (unpaired) electrons. The molecular weight excluding hydrogens is 156 g/mol. The molecule has 2 nitrogen and oxygen atoms in total. The lowest BCUT2D eigenvalue weighted by molar-refractivity contribution is 1.06. The average Bonchev–Trinajstić information content (AvgIpc) is 2.05. The zero-order valence-electron chi connectivity index (χ0n) is 6.78. The predicted molar refractivity (Wildman–Crippen MR) is 51.3 cm³/mol. The minimum Gasteiger partial charge on any atom is -0.363 e. The zero-order valence-corrected chi connectivity index (χ0v) is 7.68. The molecule has 60 valence electrons. The Bertz CT molecular complexity index is 235. The van der Waals surface area contributed by atoms with Gasteiger partial charge < -0.3 is 4.90 Å². The fraction of sp³-hybridized carbons (Fsp3) is 0.375. The molecule has 0 aromatic carbocycles. The number of aromatic nitrogens is 1. The molecule has 0 fully saturated rings. The van der Waals surface area contributed by atoms with Crippen LogP contribution in [-0.2, 0) is 5.75 Å². The summed E-state index contributed by atoms with van der Waals surface area (Å²) in [5.74, 6) is 1.75. The largest absolute Gasteiger partial charge is 0.363 e. The summed E-state index contributed by atoms with van der Waals surface area (Å²) in [4.78, 5) is 6.16. The van der Waals surface area contributed by atoms with E-state index >= 15 is 0 Å². The molecule has 1 aromatic heterocycles. The Morgan fingerprint density at radius 3 is 2.82 bits per heavy atom. The Balaban J connectivity index is 2.91. The van der Waals surface area contributed by atoms with Gasteiger partial charge in [0.15, 0.2) is 0 Å². The normalized spacial score (nSPS) is 9.73. The molecule has 0 aliphatic carbocycles.